The van der Waals surface area contributed by atoms with Gasteiger partial charge in [0, 0.05) is 126 Å². The number of nitrogens with zero attached hydrogens (tertiary/aromatic N) is 6. The molecule has 30 rings (SSSR count). The van der Waals surface area contributed by atoms with Crippen LogP contribution >= 0.6 is 0 Å². The van der Waals surface area contributed by atoms with Gasteiger partial charge in [-0.3, -0.25) is 0 Å². The quantitative estimate of drug-likeness (QED) is 0.167. The summed E-state index contributed by atoms with van der Waals surface area (Å²) in [6.45, 7) is 0. The minimum absolute atomic E-state index is 0.899. The van der Waals surface area contributed by atoms with Crippen LogP contribution in [0.1, 0.15) is 0 Å². The van der Waals surface area contributed by atoms with Gasteiger partial charge >= 0.3 is 0 Å². The average molecular weight is 1650 g/mol. The van der Waals surface area contributed by atoms with Crippen LogP contribution < -0.4 is 0 Å². The highest BCUT2D eigenvalue weighted by molar-refractivity contribution is 6.30. The molecule has 0 N–H and O–H groups in total. The average Bonchev–Trinajstić information content (AvgIpc) is 1.55. The van der Waals surface area contributed by atoms with E-state index in [1.165, 1.54) is 163 Å². The van der Waals surface area contributed by atoms with E-state index in [-0.39, 0.29) is 0 Å². The SMILES string of the molecule is c1ccc(-n2c3cc4c(cc3c3c5ccccc5ccc32)c2ccccc2n4-c2ccc3c(c2)oc2ccccc23)cc1.c1ccc(-n2c3cc4c(cc3c3c5ccccc5ccc32)c2ccccc2n4-c2ccc3oc4ccccc4c3c2)cc1.c1ccc(-n2c3cc4c(cc3c3c5ccccc5ccc32)c2ccccc2n4-c2cccc3oc4ccccc4c23)cc1. The van der Waals surface area contributed by atoms with Crippen LogP contribution in [0.5, 0.6) is 0 Å². The van der Waals surface area contributed by atoms with Gasteiger partial charge in [0.1, 0.15) is 33.5 Å². The zero-order valence-electron chi connectivity index (χ0n) is 69.5. The number of hydrogen-bond donors (Lipinski definition) is 0. The molecule has 9 heteroatoms. The third-order valence-electron chi connectivity index (χ3n) is 27.2. The molecule has 600 valence electrons. The van der Waals surface area contributed by atoms with Gasteiger partial charge in [-0.2, -0.15) is 0 Å². The van der Waals surface area contributed by atoms with Gasteiger partial charge in [-0.25, -0.2) is 0 Å². The maximum atomic E-state index is 6.33. The van der Waals surface area contributed by atoms with Crippen LogP contribution in [0.25, 0.3) is 263 Å². The zero-order valence-corrected chi connectivity index (χ0v) is 69.5. The Kier molecular flexibility index (Phi) is 15.2. The fourth-order valence-corrected chi connectivity index (χ4v) is 21.8. The second-order valence-corrected chi connectivity index (χ2v) is 34.1. The predicted octanol–water partition coefficient (Wildman–Crippen LogP) is 32.8. The van der Waals surface area contributed by atoms with Crippen molar-refractivity contribution < 1.29 is 13.3 Å². The van der Waals surface area contributed by atoms with Gasteiger partial charge in [-0.05, 0) is 202 Å². The highest BCUT2D eigenvalue weighted by Crippen LogP contribution is 2.49. The fourth-order valence-electron chi connectivity index (χ4n) is 21.8. The molecule has 21 aromatic carbocycles. The van der Waals surface area contributed by atoms with E-state index in [0.717, 1.165) is 99.9 Å². The van der Waals surface area contributed by atoms with E-state index in [0.29, 0.717) is 0 Å². The molecule has 129 heavy (non-hydrogen) atoms. The van der Waals surface area contributed by atoms with Crippen molar-refractivity contribution in [3.05, 3.63) is 437 Å². The first-order valence-electron chi connectivity index (χ1n) is 44.1. The lowest BCUT2D eigenvalue weighted by Gasteiger charge is -2.11. The number of hydrogen-bond acceptors (Lipinski definition) is 3. The van der Waals surface area contributed by atoms with E-state index in [4.69, 9.17) is 13.3 Å². The molecule has 0 aliphatic heterocycles. The standard InChI is InChI=1S/3C40H24N2O/c1-2-12-26(13-3-1)41-34-22-21-25-11-4-5-14-27(25)39(34)31-23-30-28-15-6-8-17-32(28)42(35(30)24-36(31)41)33-18-10-20-38-40(33)29-16-7-9-19-37(29)43-38;1-2-11-26(12-3-1)41-35-21-18-25-10-4-5-13-28(25)40(35)33-23-32-29-14-6-8-16-34(29)42(36(32)24-37(33)41)27-19-20-31-30-15-7-9-17-38(30)43-39(31)22-27;1-2-11-26(12-3-1)41-35-20-18-25-10-4-5-13-28(25)40(35)33-23-31-29-14-6-8-16-34(29)42(36(31)24-37(33)41)27-19-21-39-32(22-27)30-15-7-9-17-38(30)43-39/h3*1-24H. The summed E-state index contributed by atoms with van der Waals surface area (Å²) in [7, 11) is 0. The Bertz CT molecular complexity index is 9970. The molecule has 0 radical (unpaired) electrons. The fraction of sp³-hybridized carbons (Fsp3) is 0. The molecular weight excluding hydrogens is 1570 g/mol. The van der Waals surface area contributed by atoms with Crippen molar-refractivity contribution in [2.45, 2.75) is 0 Å². The van der Waals surface area contributed by atoms with Gasteiger partial charge in [-0.1, -0.05) is 261 Å². The molecule has 9 nitrogen and oxygen atoms in total. The second-order valence-electron chi connectivity index (χ2n) is 34.1. The first-order valence-corrected chi connectivity index (χ1v) is 44.1. The summed E-state index contributed by atoms with van der Waals surface area (Å²) in [4.78, 5) is 0. The van der Waals surface area contributed by atoms with Crippen LogP contribution in [0.15, 0.2) is 450 Å². The Morgan fingerprint density at radius 1 is 0.124 bits per heavy atom. The molecular formula is C120H72N6O3. The minimum Gasteiger partial charge on any atom is -0.456 e. The molecule has 9 heterocycles. The van der Waals surface area contributed by atoms with E-state index < -0.39 is 0 Å². The first kappa shape index (κ1) is 71.1. The Morgan fingerprint density at radius 2 is 0.434 bits per heavy atom. The summed E-state index contributed by atoms with van der Waals surface area (Å²) in [5.74, 6) is 0. The van der Waals surface area contributed by atoms with E-state index in [9.17, 15) is 0 Å². The molecule has 0 spiro atoms. The van der Waals surface area contributed by atoms with Gasteiger partial charge in [0.25, 0.3) is 0 Å². The maximum absolute atomic E-state index is 6.33. The van der Waals surface area contributed by atoms with Crippen LogP contribution in [-0.4, -0.2) is 27.4 Å². The minimum atomic E-state index is 0.899. The number of aromatic nitrogens is 6. The highest BCUT2D eigenvalue weighted by Gasteiger charge is 2.27. The van der Waals surface area contributed by atoms with Crippen molar-refractivity contribution in [2.75, 3.05) is 0 Å². The largest absolute Gasteiger partial charge is 0.456 e. The van der Waals surface area contributed by atoms with E-state index in [1.54, 1.807) is 0 Å². The smallest absolute Gasteiger partial charge is 0.137 e. The summed E-state index contributed by atoms with van der Waals surface area (Å²) < 4.78 is 33.3. The maximum Gasteiger partial charge on any atom is 0.137 e. The molecule has 0 unspecified atom stereocenters. The molecule has 0 saturated carbocycles. The van der Waals surface area contributed by atoms with Gasteiger partial charge in [0.2, 0.25) is 0 Å². The van der Waals surface area contributed by atoms with Gasteiger partial charge < -0.3 is 40.7 Å². The van der Waals surface area contributed by atoms with Crippen LogP contribution in [0.4, 0.5) is 0 Å². The van der Waals surface area contributed by atoms with E-state index in [2.05, 4.69) is 434 Å². The van der Waals surface area contributed by atoms with E-state index in [1.807, 2.05) is 30.3 Å². The molecule has 30 aromatic rings. The zero-order chi connectivity index (χ0) is 84.2. The Balaban J connectivity index is 0.0000000976. The third kappa shape index (κ3) is 10.5. The Hall–Kier alpha value is -17.4. The number of benzene rings is 21. The monoisotopic (exact) mass is 1640 g/mol. The van der Waals surface area contributed by atoms with Gasteiger partial charge in [0.05, 0.1) is 77.3 Å². The molecule has 0 aliphatic rings. The molecule has 0 amide bonds. The molecule has 0 atom stereocenters. The van der Waals surface area contributed by atoms with Crippen molar-refractivity contribution in [3.8, 4) is 34.1 Å². The van der Waals surface area contributed by atoms with E-state index >= 15 is 0 Å². The summed E-state index contributed by atoms with van der Waals surface area (Å²) in [6, 6.07) is 157. The highest BCUT2D eigenvalue weighted by atomic mass is 16.3. The second kappa shape index (κ2) is 27.5. The Morgan fingerprint density at radius 3 is 0.899 bits per heavy atom. The lowest BCUT2D eigenvalue weighted by atomic mass is 10.0. The van der Waals surface area contributed by atoms with Crippen LogP contribution in [0, 0.1) is 0 Å². The predicted molar refractivity (Wildman–Crippen MR) is 540 cm³/mol. The van der Waals surface area contributed by atoms with Crippen molar-refractivity contribution in [3.63, 3.8) is 0 Å². The topological polar surface area (TPSA) is 69.0 Å². The number of furan rings is 3. The summed E-state index contributed by atoms with van der Waals surface area (Å²) >= 11 is 0. The molecule has 0 bridgehead atoms. The lowest BCUT2D eigenvalue weighted by molar-refractivity contribution is 0.668. The molecule has 0 aliphatic carbocycles. The van der Waals surface area contributed by atoms with Gasteiger partial charge in [0.15, 0.2) is 0 Å². The first-order chi connectivity index (χ1) is 64.0. The molecule has 0 saturated heterocycles. The van der Waals surface area contributed by atoms with Crippen LogP contribution in [0.3, 0.4) is 0 Å². The van der Waals surface area contributed by atoms with Crippen molar-refractivity contribution in [1.82, 2.24) is 27.4 Å². The van der Waals surface area contributed by atoms with Crippen molar-refractivity contribution >= 4 is 229 Å². The molecule has 0 fully saturated rings. The van der Waals surface area contributed by atoms with Crippen LogP contribution in [0.2, 0.25) is 0 Å². The number of fused-ring (bicyclic) bond motifs is 33. The van der Waals surface area contributed by atoms with Crippen molar-refractivity contribution in [2.24, 2.45) is 0 Å². The van der Waals surface area contributed by atoms with Gasteiger partial charge in [-0.15, -0.1) is 0 Å². The third-order valence-corrected chi connectivity index (χ3v) is 27.2. The summed E-state index contributed by atoms with van der Waals surface area (Å²) in [6.07, 6.45) is 0. The summed E-state index contributed by atoms with van der Waals surface area (Å²) in [5.41, 5.74) is 26.6. The summed E-state index contributed by atoms with van der Waals surface area (Å²) in [5, 5.41) is 29.5. The number of para-hydroxylation sites is 9. The Labute approximate surface area is 735 Å². The normalized spacial score (nSPS) is 12.2. The molecule has 9 aromatic heterocycles. The van der Waals surface area contributed by atoms with Crippen LogP contribution in [-0.2, 0) is 0 Å². The lowest BCUT2D eigenvalue weighted by Crippen LogP contribution is -1.96. The van der Waals surface area contributed by atoms with Crippen molar-refractivity contribution in [1.29, 1.82) is 0 Å². The number of rotatable bonds is 6.